The number of hydrogen-bond acceptors (Lipinski definition) is 3. The zero-order valence-corrected chi connectivity index (χ0v) is 18.6. The minimum Gasteiger partial charge on any atom is -0.312 e. The zero-order chi connectivity index (χ0) is 22.6. The van der Waals surface area contributed by atoms with Crippen LogP contribution in [0.2, 0.25) is 0 Å². The number of nitrogens with zero attached hydrogens (tertiary/aromatic N) is 2. The van der Waals surface area contributed by atoms with Gasteiger partial charge < -0.3 is 4.90 Å². The van der Waals surface area contributed by atoms with Crippen molar-refractivity contribution in [2.75, 3.05) is 4.90 Å². The predicted octanol–water partition coefficient (Wildman–Crippen LogP) is 7.24. The van der Waals surface area contributed by atoms with Crippen molar-refractivity contribution < 1.29 is 4.39 Å². The largest absolute Gasteiger partial charge is 0.312 e. The van der Waals surface area contributed by atoms with Gasteiger partial charge in [-0.3, -0.25) is 10.4 Å². The van der Waals surface area contributed by atoms with E-state index in [2.05, 4.69) is 12.1 Å². The molecule has 162 valence electrons. The summed E-state index contributed by atoms with van der Waals surface area (Å²) < 4.78 is 13.8. The normalized spacial score (nSPS) is 18.5. The summed E-state index contributed by atoms with van der Waals surface area (Å²) in [5, 5.41) is 9.17. The lowest BCUT2D eigenvalue weighted by atomic mass is 9.95. The third-order valence-electron chi connectivity index (χ3n) is 5.61. The van der Waals surface area contributed by atoms with Gasteiger partial charge in [0.1, 0.15) is 5.82 Å². The highest BCUT2D eigenvalue weighted by atomic mass is 32.2. The number of nitrogens with one attached hydrogen (secondary N) is 1. The quantitative estimate of drug-likeness (QED) is 0.325. The number of amidine groups is 1. The second-order valence-corrected chi connectivity index (χ2v) is 8.87. The molecule has 0 unspecified atom stereocenters. The molecule has 1 aliphatic rings. The Kier molecular flexibility index (Phi) is 6.05. The summed E-state index contributed by atoms with van der Waals surface area (Å²) in [5.41, 5.74) is 4.63. The molecule has 4 aromatic carbocycles. The van der Waals surface area contributed by atoms with Gasteiger partial charge in [-0.1, -0.05) is 90.6 Å². The third-order valence-corrected chi connectivity index (χ3v) is 6.77. The third kappa shape index (κ3) is 4.45. The van der Waals surface area contributed by atoms with Crippen molar-refractivity contribution in [3.8, 4) is 0 Å². The molecule has 0 aliphatic carbocycles. The average molecular weight is 452 g/mol. The molecule has 0 saturated carbocycles. The molecule has 0 spiro atoms. The smallest absolute Gasteiger partial charge is 0.162 e. The van der Waals surface area contributed by atoms with Gasteiger partial charge in [0, 0.05) is 5.69 Å². The van der Waals surface area contributed by atoms with Gasteiger partial charge in [0.25, 0.3) is 0 Å². The topological polar surface area (TPSA) is 39.5 Å². The molecule has 4 aromatic rings. The number of anilines is 1. The molecule has 33 heavy (non-hydrogen) atoms. The van der Waals surface area contributed by atoms with Gasteiger partial charge in [-0.2, -0.15) is 0 Å². The van der Waals surface area contributed by atoms with Crippen molar-refractivity contribution in [3.05, 3.63) is 132 Å². The van der Waals surface area contributed by atoms with E-state index in [4.69, 9.17) is 10.4 Å². The van der Waals surface area contributed by atoms with E-state index in [0.29, 0.717) is 5.17 Å². The fraction of sp³-hybridized carbons (Fsp3) is 0.0714. The van der Waals surface area contributed by atoms with Crippen LogP contribution in [0.5, 0.6) is 0 Å². The van der Waals surface area contributed by atoms with Gasteiger partial charge in [0.2, 0.25) is 0 Å². The second kappa shape index (κ2) is 9.43. The van der Waals surface area contributed by atoms with Crippen LogP contribution in [0.1, 0.15) is 17.2 Å². The Bertz CT molecular complexity index is 1260. The fourth-order valence-electron chi connectivity index (χ4n) is 4.10. The van der Waals surface area contributed by atoms with Crippen molar-refractivity contribution in [2.24, 2.45) is 4.99 Å². The van der Waals surface area contributed by atoms with Crippen molar-refractivity contribution in [1.29, 1.82) is 5.41 Å². The molecule has 1 aliphatic heterocycles. The molecule has 5 rings (SSSR count). The Hall–Kier alpha value is -3.70. The lowest BCUT2D eigenvalue weighted by molar-refractivity contribution is 0.625. The van der Waals surface area contributed by atoms with Crippen LogP contribution in [0, 0.1) is 11.2 Å². The molecule has 1 heterocycles. The maximum atomic E-state index is 13.8. The maximum absolute atomic E-state index is 13.8. The zero-order valence-electron chi connectivity index (χ0n) is 17.8. The Labute approximate surface area is 197 Å². The molecular weight excluding hydrogens is 429 g/mol. The van der Waals surface area contributed by atoms with E-state index in [1.54, 1.807) is 0 Å². The van der Waals surface area contributed by atoms with E-state index in [1.807, 2.05) is 95.9 Å². The first-order valence-corrected chi connectivity index (χ1v) is 11.6. The molecule has 0 bridgehead atoms. The molecule has 1 N–H and O–H groups in total. The van der Waals surface area contributed by atoms with Crippen molar-refractivity contribution in [1.82, 2.24) is 0 Å². The van der Waals surface area contributed by atoms with Crippen LogP contribution in [0.3, 0.4) is 0 Å². The van der Waals surface area contributed by atoms with Crippen molar-refractivity contribution in [3.63, 3.8) is 0 Å². The minimum absolute atomic E-state index is 0.161. The molecule has 5 heteroatoms. The second-order valence-electron chi connectivity index (χ2n) is 7.74. The number of benzene rings is 4. The lowest BCUT2D eigenvalue weighted by Crippen LogP contribution is -2.33. The lowest BCUT2D eigenvalue weighted by Gasteiger charge is -2.29. The SMILES string of the molecule is N=C1S[C@H](C(=Nc2ccccc2)c2ccccc2)[C@@H](c2ccc(F)cc2)N1c1ccccc1. The summed E-state index contributed by atoms with van der Waals surface area (Å²) >= 11 is 1.48. The van der Waals surface area contributed by atoms with Crippen LogP contribution in [-0.2, 0) is 0 Å². The summed E-state index contributed by atoms with van der Waals surface area (Å²) in [5.74, 6) is -0.275. The maximum Gasteiger partial charge on any atom is 0.162 e. The van der Waals surface area contributed by atoms with Gasteiger partial charge in [0.05, 0.1) is 22.7 Å². The molecular formula is C28H22FN3S. The van der Waals surface area contributed by atoms with Crippen LogP contribution in [0.15, 0.2) is 120 Å². The van der Waals surface area contributed by atoms with E-state index < -0.39 is 0 Å². The average Bonchev–Trinajstić information content (AvgIpc) is 3.21. The molecule has 1 saturated heterocycles. The van der Waals surface area contributed by atoms with Gasteiger partial charge in [-0.25, -0.2) is 4.39 Å². The predicted molar refractivity (Wildman–Crippen MR) is 136 cm³/mol. The summed E-state index contributed by atoms with van der Waals surface area (Å²) in [4.78, 5) is 7.08. The van der Waals surface area contributed by atoms with Gasteiger partial charge in [0.15, 0.2) is 5.17 Å². The van der Waals surface area contributed by atoms with E-state index in [0.717, 1.165) is 28.2 Å². The molecule has 0 radical (unpaired) electrons. The Morgan fingerprint density at radius 1 is 0.758 bits per heavy atom. The van der Waals surface area contributed by atoms with Gasteiger partial charge in [-0.15, -0.1) is 0 Å². The molecule has 0 aromatic heterocycles. The van der Waals surface area contributed by atoms with Gasteiger partial charge >= 0.3 is 0 Å². The molecule has 0 amide bonds. The van der Waals surface area contributed by atoms with E-state index >= 15 is 0 Å². The Balaban J connectivity index is 1.68. The first-order valence-electron chi connectivity index (χ1n) is 10.7. The molecule has 2 atom stereocenters. The first-order chi connectivity index (χ1) is 16.2. The van der Waals surface area contributed by atoms with Crippen molar-refractivity contribution in [2.45, 2.75) is 11.3 Å². The van der Waals surface area contributed by atoms with Gasteiger partial charge in [-0.05, 0) is 47.5 Å². The Morgan fingerprint density at radius 3 is 1.97 bits per heavy atom. The summed E-state index contributed by atoms with van der Waals surface area (Å²) in [6.45, 7) is 0. The number of halogens is 1. The number of para-hydroxylation sites is 2. The van der Waals surface area contributed by atoms with Crippen LogP contribution in [0.25, 0.3) is 0 Å². The van der Waals surface area contributed by atoms with E-state index in [1.165, 1.54) is 23.9 Å². The number of aliphatic imine (C=N–C) groups is 1. The highest BCUT2D eigenvalue weighted by Crippen LogP contribution is 2.46. The number of hydrogen-bond donors (Lipinski definition) is 1. The van der Waals surface area contributed by atoms with Crippen molar-refractivity contribution >= 4 is 34.0 Å². The van der Waals surface area contributed by atoms with E-state index in [-0.39, 0.29) is 17.1 Å². The highest BCUT2D eigenvalue weighted by Gasteiger charge is 2.43. The van der Waals surface area contributed by atoms with Crippen LogP contribution in [0.4, 0.5) is 15.8 Å². The van der Waals surface area contributed by atoms with Crippen LogP contribution >= 0.6 is 11.8 Å². The molecule has 1 fully saturated rings. The Morgan fingerprint density at radius 2 is 1.33 bits per heavy atom. The monoisotopic (exact) mass is 451 g/mol. The van der Waals surface area contributed by atoms with Crippen LogP contribution in [-0.4, -0.2) is 16.1 Å². The first kappa shape index (κ1) is 21.2. The van der Waals surface area contributed by atoms with E-state index in [9.17, 15) is 4.39 Å². The van der Waals surface area contributed by atoms with Crippen LogP contribution < -0.4 is 4.90 Å². The molecule has 3 nitrogen and oxygen atoms in total. The minimum atomic E-state index is -0.275. The fourth-order valence-corrected chi connectivity index (χ4v) is 5.38. The summed E-state index contributed by atoms with van der Waals surface area (Å²) in [7, 11) is 0. The summed E-state index contributed by atoms with van der Waals surface area (Å²) in [6, 6.07) is 36.3. The summed E-state index contributed by atoms with van der Waals surface area (Å²) in [6.07, 6.45) is 0. The highest BCUT2D eigenvalue weighted by molar-refractivity contribution is 8.15. The number of thioether (sulfide) groups is 1. The number of rotatable bonds is 5. The standard InChI is InChI=1S/C28H22FN3S/c29-22-18-16-21(17-19-22)26-27(33-28(30)32(26)24-14-8-3-9-15-24)25(20-10-4-1-5-11-20)31-23-12-6-2-7-13-23/h1-19,26-27,30H/t26-,27-/m1/s1.